The summed E-state index contributed by atoms with van der Waals surface area (Å²) in [6.07, 6.45) is 3.52. The Morgan fingerprint density at radius 2 is 1.88 bits per heavy atom. The Morgan fingerprint density at radius 3 is 2.44 bits per heavy atom. The fourth-order valence-corrected chi connectivity index (χ4v) is 2.61. The molecule has 1 aliphatic rings. The molecule has 0 spiro atoms. The molecule has 2 nitrogen and oxygen atoms in total. The Hall–Kier alpha value is -1.16. The van der Waals surface area contributed by atoms with E-state index in [2.05, 4.69) is 0 Å². The number of hydrogen-bond donors (Lipinski definition) is 2. The van der Waals surface area contributed by atoms with Gasteiger partial charge in [0.05, 0.1) is 0 Å². The van der Waals surface area contributed by atoms with E-state index in [1.54, 1.807) is 0 Å². The molecule has 0 amide bonds. The number of hydrogen-bond acceptors (Lipinski definition) is 2. The van der Waals surface area contributed by atoms with Crippen molar-refractivity contribution in [1.29, 1.82) is 0 Å². The highest BCUT2D eigenvalue weighted by Gasteiger charge is 2.37. The van der Waals surface area contributed by atoms with Crippen LogP contribution in [0.3, 0.4) is 0 Å². The maximum absolute atomic E-state index is 13.3. The normalized spacial score (nSPS) is 18.9. The molecule has 1 saturated carbocycles. The second kappa shape index (κ2) is 4.01. The van der Waals surface area contributed by atoms with Gasteiger partial charge < -0.3 is 10.8 Å². The summed E-state index contributed by atoms with van der Waals surface area (Å²) < 4.78 is 26.4. The second-order valence-corrected chi connectivity index (χ2v) is 4.48. The first-order chi connectivity index (χ1) is 7.59. The van der Waals surface area contributed by atoms with Crippen LogP contribution in [0, 0.1) is 11.6 Å². The lowest BCUT2D eigenvalue weighted by molar-refractivity contribution is 0.378. The van der Waals surface area contributed by atoms with Crippen LogP contribution in [0.2, 0.25) is 0 Å². The third-order valence-corrected chi connectivity index (χ3v) is 3.55. The predicted octanol–water partition coefficient (Wildman–Crippen LogP) is 2.44. The number of phenolic OH excluding ortho intramolecular Hbond substituents is 1. The van der Waals surface area contributed by atoms with E-state index in [1.807, 2.05) is 0 Å². The molecule has 1 aliphatic carbocycles. The third kappa shape index (κ3) is 1.67. The predicted molar refractivity (Wildman–Crippen MR) is 57.2 cm³/mol. The minimum atomic E-state index is -0.908. The highest BCUT2D eigenvalue weighted by molar-refractivity contribution is 5.41. The van der Waals surface area contributed by atoms with Gasteiger partial charge in [0.1, 0.15) is 5.82 Å². The van der Waals surface area contributed by atoms with Crippen LogP contribution in [0.4, 0.5) is 8.78 Å². The first-order valence-corrected chi connectivity index (χ1v) is 5.48. The molecule has 0 aromatic heterocycles. The van der Waals surface area contributed by atoms with Gasteiger partial charge >= 0.3 is 0 Å². The lowest BCUT2D eigenvalue weighted by Gasteiger charge is -2.28. The Labute approximate surface area is 93.1 Å². The maximum atomic E-state index is 13.3. The van der Waals surface area contributed by atoms with Crippen LogP contribution in [0.15, 0.2) is 12.1 Å². The molecule has 3 N–H and O–H groups in total. The van der Waals surface area contributed by atoms with E-state index < -0.39 is 22.8 Å². The molecule has 0 unspecified atom stereocenters. The number of rotatable bonds is 2. The molecular weight excluding hydrogens is 212 g/mol. The first kappa shape index (κ1) is 11.3. The van der Waals surface area contributed by atoms with Gasteiger partial charge in [-0.25, -0.2) is 8.78 Å². The van der Waals surface area contributed by atoms with Crippen molar-refractivity contribution in [1.82, 2.24) is 0 Å². The minimum Gasteiger partial charge on any atom is -0.505 e. The molecule has 0 aliphatic heterocycles. The molecule has 4 heteroatoms. The Bertz CT molecular complexity index is 400. The molecule has 0 atom stereocenters. The van der Waals surface area contributed by atoms with Crippen LogP contribution < -0.4 is 5.73 Å². The summed E-state index contributed by atoms with van der Waals surface area (Å²) in [6.45, 7) is 0.309. The molecule has 2 rings (SSSR count). The van der Waals surface area contributed by atoms with E-state index in [1.165, 1.54) is 6.07 Å². The Balaban J connectivity index is 2.53. The van der Waals surface area contributed by atoms with E-state index in [-0.39, 0.29) is 0 Å². The quantitative estimate of drug-likeness (QED) is 0.815. The molecule has 0 saturated heterocycles. The molecule has 1 aromatic carbocycles. The summed E-state index contributed by atoms with van der Waals surface area (Å²) in [6, 6.07) is 1.90. The monoisotopic (exact) mass is 227 g/mol. The third-order valence-electron chi connectivity index (χ3n) is 3.55. The first-order valence-electron chi connectivity index (χ1n) is 5.48. The van der Waals surface area contributed by atoms with E-state index in [0.717, 1.165) is 25.7 Å². The maximum Gasteiger partial charge on any atom is 0.168 e. The summed E-state index contributed by atoms with van der Waals surface area (Å²) >= 11 is 0. The minimum absolute atomic E-state index is 0.309. The average molecular weight is 227 g/mol. The lowest BCUT2D eigenvalue weighted by atomic mass is 9.78. The second-order valence-electron chi connectivity index (χ2n) is 4.48. The van der Waals surface area contributed by atoms with E-state index in [4.69, 9.17) is 5.73 Å². The SMILES string of the molecule is NCC1(c2cc(F)cc(F)c2O)CCCC1. The molecule has 0 bridgehead atoms. The fraction of sp³-hybridized carbons (Fsp3) is 0.500. The average Bonchev–Trinajstić information content (AvgIpc) is 2.73. The Morgan fingerprint density at radius 1 is 1.25 bits per heavy atom. The van der Waals surface area contributed by atoms with Crippen molar-refractivity contribution in [3.63, 3.8) is 0 Å². The zero-order chi connectivity index (χ0) is 11.8. The van der Waals surface area contributed by atoms with Gasteiger partial charge in [-0.05, 0) is 18.9 Å². The molecule has 0 radical (unpaired) electrons. The van der Waals surface area contributed by atoms with Crippen LogP contribution >= 0.6 is 0 Å². The molecule has 88 valence electrons. The van der Waals surface area contributed by atoms with Gasteiger partial charge in [0.2, 0.25) is 0 Å². The standard InChI is InChI=1S/C12H15F2NO/c13-8-5-9(11(16)10(14)6-8)12(7-15)3-1-2-4-12/h5-6,16H,1-4,7,15H2. The summed E-state index contributed by atoms with van der Waals surface area (Å²) in [5.74, 6) is -2.02. The van der Waals surface area contributed by atoms with Crippen LogP contribution in [-0.2, 0) is 5.41 Å². The summed E-state index contributed by atoms with van der Waals surface area (Å²) in [5, 5.41) is 9.68. The fourth-order valence-electron chi connectivity index (χ4n) is 2.61. The van der Waals surface area contributed by atoms with Gasteiger partial charge in [-0.15, -0.1) is 0 Å². The summed E-state index contributed by atoms with van der Waals surface area (Å²) in [4.78, 5) is 0. The van der Waals surface area contributed by atoms with Crippen LogP contribution in [0.5, 0.6) is 5.75 Å². The van der Waals surface area contributed by atoms with Crippen molar-refractivity contribution in [3.05, 3.63) is 29.3 Å². The van der Waals surface area contributed by atoms with Crippen molar-refractivity contribution in [2.75, 3.05) is 6.54 Å². The smallest absolute Gasteiger partial charge is 0.168 e. The van der Waals surface area contributed by atoms with Crippen LogP contribution in [0.25, 0.3) is 0 Å². The summed E-state index contributed by atoms with van der Waals surface area (Å²) in [5.41, 5.74) is 5.59. The molecule has 16 heavy (non-hydrogen) atoms. The van der Waals surface area contributed by atoms with Gasteiger partial charge in [0.15, 0.2) is 11.6 Å². The Kier molecular flexibility index (Phi) is 2.84. The van der Waals surface area contributed by atoms with Crippen molar-refractivity contribution in [2.45, 2.75) is 31.1 Å². The zero-order valence-electron chi connectivity index (χ0n) is 8.97. The number of nitrogens with two attached hydrogens (primary N) is 1. The molecule has 1 aromatic rings. The molecular formula is C12H15F2NO. The van der Waals surface area contributed by atoms with Gasteiger partial charge in [0.25, 0.3) is 0 Å². The highest BCUT2D eigenvalue weighted by Crippen LogP contribution is 2.44. The lowest BCUT2D eigenvalue weighted by Crippen LogP contribution is -2.32. The molecule has 1 fully saturated rings. The topological polar surface area (TPSA) is 46.2 Å². The number of benzene rings is 1. The summed E-state index contributed by atoms with van der Waals surface area (Å²) in [7, 11) is 0. The van der Waals surface area contributed by atoms with Crippen molar-refractivity contribution in [2.24, 2.45) is 5.73 Å². The van der Waals surface area contributed by atoms with Gasteiger partial charge in [0, 0.05) is 23.6 Å². The van der Waals surface area contributed by atoms with Gasteiger partial charge in [-0.1, -0.05) is 12.8 Å². The highest BCUT2D eigenvalue weighted by atomic mass is 19.1. The van der Waals surface area contributed by atoms with Crippen molar-refractivity contribution in [3.8, 4) is 5.75 Å². The van der Waals surface area contributed by atoms with Crippen LogP contribution in [-0.4, -0.2) is 11.7 Å². The number of phenols is 1. The van der Waals surface area contributed by atoms with Crippen LogP contribution in [0.1, 0.15) is 31.2 Å². The van der Waals surface area contributed by atoms with E-state index >= 15 is 0 Å². The van der Waals surface area contributed by atoms with Gasteiger partial charge in [-0.2, -0.15) is 0 Å². The molecule has 0 heterocycles. The number of halogens is 2. The zero-order valence-corrected chi connectivity index (χ0v) is 8.97. The van der Waals surface area contributed by atoms with E-state index in [9.17, 15) is 13.9 Å². The largest absolute Gasteiger partial charge is 0.505 e. The van der Waals surface area contributed by atoms with Gasteiger partial charge in [-0.3, -0.25) is 0 Å². The van der Waals surface area contributed by atoms with Crippen molar-refractivity contribution >= 4 is 0 Å². The number of aromatic hydroxyl groups is 1. The van der Waals surface area contributed by atoms with Crippen molar-refractivity contribution < 1.29 is 13.9 Å². The van der Waals surface area contributed by atoms with E-state index in [0.29, 0.717) is 18.2 Å².